The third kappa shape index (κ3) is 6.51. The summed E-state index contributed by atoms with van der Waals surface area (Å²) in [7, 11) is 3.48. The summed E-state index contributed by atoms with van der Waals surface area (Å²) in [5, 5.41) is 11.2. The fourth-order valence-electron chi connectivity index (χ4n) is 2.72. The quantitative estimate of drug-likeness (QED) is 0.282. The molecular formula is C19H30IN5O. The van der Waals surface area contributed by atoms with E-state index in [0.717, 1.165) is 48.0 Å². The van der Waals surface area contributed by atoms with Crippen LogP contribution in [0.3, 0.4) is 0 Å². The summed E-state index contributed by atoms with van der Waals surface area (Å²) in [4.78, 5) is 4.27. The molecule has 0 amide bonds. The minimum absolute atomic E-state index is 0. The van der Waals surface area contributed by atoms with Crippen molar-refractivity contribution in [2.24, 2.45) is 4.99 Å². The molecule has 0 radical (unpaired) electrons. The van der Waals surface area contributed by atoms with Crippen LogP contribution in [0.25, 0.3) is 0 Å². The number of nitrogens with one attached hydrogen (secondary N) is 2. The van der Waals surface area contributed by atoms with Crippen LogP contribution in [0.1, 0.15) is 28.9 Å². The number of nitrogens with zero attached hydrogens (tertiary/aromatic N) is 3. The van der Waals surface area contributed by atoms with Gasteiger partial charge in [0.15, 0.2) is 5.96 Å². The predicted molar refractivity (Wildman–Crippen MR) is 118 cm³/mol. The van der Waals surface area contributed by atoms with Gasteiger partial charge in [-0.1, -0.05) is 12.1 Å². The molecule has 1 heterocycles. The Bertz CT molecular complexity index is 727. The number of aryl methyl sites for hydroxylation is 4. The molecule has 2 aromatic rings. The zero-order valence-corrected chi connectivity index (χ0v) is 18.6. The minimum Gasteiger partial charge on any atom is -0.496 e. The van der Waals surface area contributed by atoms with E-state index in [9.17, 15) is 0 Å². The molecule has 7 heteroatoms. The third-order valence-electron chi connectivity index (χ3n) is 4.10. The highest BCUT2D eigenvalue weighted by Gasteiger charge is 2.03. The van der Waals surface area contributed by atoms with Crippen LogP contribution in [0.4, 0.5) is 0 Å². The topological polar surface area (TPSA) is 63.5 Å². The molecule has 2 N–H and O–H groups in total. The van der Waals surface area contributed by atoms with Crippen LogP contribution in [0.15, 0.2) is 29.3 Å². The van der Waals surface area contributed by atoms with Gasteiger partial charge in [-0.3, -0.25) is 9.67 Å². The lowest BCUT2D eigenvalue weighted by Crippen LogP contribution is -2.37. The zero-order valence-electron chi connectivity index (χ0n) is 16.3. The van der Waals surface area contributed by atoms with Gasteiger partial charge in [-0.2, -0.15) is 5.10 Å². The molecule has 6 nitrogen and oxygen atoms in total. The maximum atomic E-state index is 5.37. The summed E-state index contributed by atoms with van der Waals surface area (Å²) in [5.41, 5.74) is 4.57. The molecule has 0 atom stereocenters. The largest absolute Gasteiger partial charge is 0.496 e. The Labute approximate surface area is 173 Å². The van der Waals surface area contributed by atoms with Crippen molar-refractivity contribution in [2.45, 2.75) is 40.3 Å². The number of hydrogen-bond donors (Lipinski definition) is 2. The van der Waals surface area contributed by atoms with Gasteiger partial charge in [-0.25, -0.2) is 0 Å². The third-order valence-corrected chi connectivity index (χ3v) is 4.10. The number of halogens is 1. The minimum atomic E-state index is 0. The summed E-state index contributed by atoms with van der Waals surface area (Å²) in [5.74, 6) is 1.71. The summed E-state index contributed by atoms with van der Waals surface area (Å²) in [6.07, 6.45) is 0.987. The van der Waals surface area contributed by atoms with Crippen LogP contribution < -0.4 is 15.4 Å². The SMILES string of the molecule is CN=C(NCCCn1nc(C)cc1C)NCc1ccc(C)c(OC)c1.I. The van der Waals surface area contributed by atoms with E-state index in [1.165, 1.54) is 5.69 Å². The zero-order chi connectivity index (χ0) is 18.2. The molecule has 144 valence electrons. The smallest absolute Gasteiger partial charge is 0.191 e. The molecule has 26 heavy (non-hydrogen) atoms. The summed E-state index contributed by atoms with van der Waals surface area (Å²) < 4.78 is 7.42. The fraction of sp³-hybridized carbons (Fsp3) is 0.474. The monoisotopic (exact) mass is 471 g/mol. The number of rotatable bonds is 7. The molecule has 0 spiro atoms. The van der Waals surface area contributed by atoms with E-state index >= 15 is 0 Å². The Morgan fingerprint density at radius 3 is 2.58 bits per heavy atom. The van der Waals surface area contributed by atoms with E-state index < -0.39 is 0 Å². The Balaban J connectivity index is 0.00000338. The summed E-state index contributed by atoms with van der Waals surface area (Å²) in [6, 6.07) is 8.32. The Hall–Kier alpha value is -1.77. The number of guanidine groups is 1. The van der Waals surface area contributed by atoms with Crippen LogP contribution in [-0.4, -0.2) is 36.4 Å². The second-order valence-corrected chi connectivity index (χ2v) is 6.16. The van der Waals surface area contributed by atoms with E-state index in [0.29, 0.717) is 6.54 Å². The average molecular weight is 471 g/mol. The molecule has 0 aliphatic heterocycles. The van der Waals surface area contributed by atoms with E-state index in [1.807, 2.05) is 18.5 Å². The molecule has 0 saturated carbocycles. The normalized spacial score (nSPS) is 11.0. The van der Waals surface area contributed by atoms with E-state index in [-0.39, 0.29) is 24.0 Å². The number of benzene rings is 1. The molecule has 0 unspecified atom stereocenters. The molecule has 0 saturated heterocycles. The number of aromatic nitrogens is 2. The van der Waals surface area contributed by atoms with E-state index in [2.05, 4.69) is 51.9 Å². The lowest BCUT2D eigenvalue weighted by Gasteiger charge is -2.13. The first-order valence-electron chi connectivity index (χ1n) is 8.62. The molecule has 2 rings (SSSR count). The van der Waals surface area contributed by atoms with Crippen molar-refractivity contribution >= 4 is 29.9 Å². The van der Waals surface area contributed by atoms with Gasteiger partial charge >= 0.3 is 0 Å². The molecule has 1 aromatic carbocycles. The van der Waals surface area contributed by atoms with Crippen molar-refractivity contribution in [3.8, 4) is 5.75 Å². The van der Waals surface area contributed by atoms with Crippen LogP contribution >= 0.6 is 24.0 Å². The van der Waals surface area contributed by atoms with Gasteiger partial charge in [-0.15, -0.1) is 24.0 Å². The maximum absolute atomic E-state index is 5.37. The first-order valence-corrected chi connectivity index (χ1v) is 8.62. The van der Waals surface area contributed by atoms with Crippen molar-refractivity contribution in [1.82, 2.24) is 20.4 Å². The van der Waals surface area contributed by atoms with Crippen LogP contribution in [0.2, 0.25) is 0 Å². The van der Waals surface area contributed by atoms with Gasteiger partial charge < -0.3 is 15.4 Å². The van der Waals surface area contributed by atoms with Gasteiger partial charge in [0.25, 0.3) is 0 Å². The standard InChI is InChI=1S/C19H29N5O.HI/c1-14-7-8-17(12-18(14)25-5)13-22-19(20-4)21-9-6-10-24-16(3)11-15(2)23-24;/h7-8,11-12H,6,9-10,13H2,1-5H3,(H2,20,21,22);1H. The van der Waals surface area contributed by atoms with E-state index in [1.54, 1.807) is 14.2 Å². The van der Waals surface area contributed by atoms with Gasteiger partial charge in [0.1, 0.15) is 5.75 Å². The molecule has 0 aliphatic rings. The summed E-state index contributed by atoms with van der Waals surface area (Å²) in [6.45, 7) is 8.60. The number of ether oxygens (including phenoxy) is 1. The van der Waals surface area contributed by atoms with Crippen molar-refractivity contribution in [1.29, 1.82) is 0 Å². The van der Waals surface area contributed by atoms with Crippen molar-refractivity contribution < 1.29 is 4.74 Å². The second-order valence-electron chi connectivity index (χ2n) is 6.16. The number of methoxy groups -OCH3 is 1. The van der Waals surface area contributed by atoms with Gasteiger partial charge in [0, 0.05) is 32.4 Å². The van der Waals surface area contributed by atoms with Gasteiger partial charge in [-0.05, 0) is 50.5 Å². The Kier molecular flexibility index (Phi) is 9.47. The van der Waals surface area contributed by atoms with E-state index in [4.69, 9.17) is 4.74 Å². The molecular weight excluding hydrogens is 441 g/mol. The van der Waals surface area contributed by atoms with Crippen LogP contribution in [0.5, 0.6) is 5.75 Å². The van der Waals surface area contributed by atoms with Gasteiger partial charge in [0.2, 0.25) is 0 Å². The van der Waals surface area contributed by atoms with Crippen molar-refractivity contribution in [2.75, 3.05) is 20.7 Å². The lowest BCUT2D eigenvalue weighted by atomic mass is 10.1. The average Bonchev–Trinajstić information content (AvgIpc) is 2.92. The Morgan fingerprint density at radius 2 is 1.96 bits per heavy atom. The lowest BCUT2D eigenvalue weighted by molar-refractivity contribution is 0.411. The molecule has 0 aliphatic carbocycles. The molecule has 0 fully saturated rings. The Morgan fingerprint density at radius 1 is 1.19 bits per heavy atom. The highest BCUT2D eigenvalue weighted by atomic mass is 127. The fourth-order valence-corrected chi connectivity index (χ4v) is 2.72. The second kappa shape index (κ2) is 11.1. The summed E-state index contributed by atoms with van der Waals surface area (Å²) >= 11 is 0. The van der Waals surface area contributed by atoms with Crippen LogP contribution in [0, 0.1) is 20.8 Å². The highest BCUT2D eigenvalue weighted by Crippen LogP contribution is 2.18. The van der Waals surface area contributed by atoms with Crippen LogP contribution in [-0.2, 0) is 13.1 Å². The predicted octanol–water partition coefficient (Wildman–Crippen LogP) is 3.19. The van der Waals surface area contributed by atoms with Crippen molar-refractivity contribution in [3.63, 3.8) is 0 Å². The number of aliphatic imine (C=N–C) groups is 1. The molecule has 0 bridgehead atoms. The maximum Gasteiger partial charge on any atom is 0.191 e. The van der Waals surface area contributed by atoms with Crippen molar-refractivity contribution in [3.05, 3.63) is 46.8 Å². The first-order chi connectivity index (χ1) is 12.0. The highest BCUT2D eigenvalue weighted by molar-refractivity contribution is 14.0. The number of hydrogen-bond acceptors (Lipinski definition) is 3. The van der Waals surface area contributed by atoms with Gasteiger partial charge in [0.05, 0.1) is 12.8 Å². The first kappa shape index (κ1) is 22.3. The molecule has 1 aromatic heterocycles.